The van der Waals surface area contributed by atoms with E-state index in [1.54, 1.807) is 6.92 Å². The van der Waals surface area contributed by atoms with E-state index in [1.165, 1.54) is 36.4 Å². The normalized spacial score (nSPS) is 18.9. The van der Waals surface area contributed by atoms with Crippen molar-refractivity contribution in [3.8, 4) is 0 Å². The Morgan fingerprint density at radius 1 is 1.09 bits per heavy atom. The third-order valence-electron chi connectivity index (χ3n) is 5.67. The van der Waals surface area contributed by atoms with Crippen molar-refractivity contribution in [1.29, 1.82) is 0 Å². The van der Waals surface area contributed by atoms with Gasteiger partial charge in [-0.3, -0.25) is 9.59 Å². The number of amides is 1. The Hall–Kier alpha value is -3.42. The van der Waals surface area contributed by atoms with Gasteiger partial charge in [0.15, 0.2) is 5.78 Å². The average Bonchev–Trinajstić information content (AvgIpc) is 2.73. The van der Waals surface area contributed by atoms with Crippen molar-refractivity contribution in [2.45, 2.75) is 38.3 Å². The molecule has 0 aromatic heterocycles. The first-order valence-electron chi connectivity index (χ1n) is 10.1. The molecule has 0 spiro atoms. The predicted octanol–water partition coefficient (Wildman–Crippen LogP) is 5.45. The van der Waals surface area contributed by atoms with Crippen LogP contribution in [0.5, 0.6) is 0 Å². The molecule has 4 rings (SSSR count). The Labute approximate surface area is 182 Å². The Balaban J connectivity index is 1.75. The summed E-state index contributed by atoms with van der Waals surface area (Å²) < 4.78 is 52.7. The first kappa shape index (κ1) is 21.8. The molecule has 1 atom stereocenters. The highest BCUT2D eigenvalue weighted by molar-refractivity contribution is 6.09. The minimum absolute atomic E-state index is 0.0160. The molecule has 4 nitrogen and oxygen atoms in total. The summed E-state index contributed by atoms with van der Waals surface area (Å²) in [5, 5.41) is 5.67. The van der Waals surface area contributed by atoms with Crippen LogP contribution in [0.4, 0.5) is 23.2 Å². The van der Waals surface area contributed by atoms with Crippen LogP contribution in [-0.2, 0) is 15.8 Å². The zero-order chi connectivity index (χ0) is 23.0. The summed E-state index contributed by atoms with van der Waals surface area (Å²) in [6.45, 7) is 1.68. The molecule has 2 aliphatic rings. The standard InChI is InChI=1S/C24H20F4N2O2/c1-13-20(23(32)30-17-5-2-4-15(12-17)24(26,27)28)21(14-8-10-16(25)11-9-14)22-18(29-13)6-3-7-19(22)31/h2,4-5,8-12,21,29H,3,6-7H2,1H3,(H,30,32). The van der Waals surface area contributed by atoms with Gasteiger partial charge in [-0.2, -0.15) is 13.2 Å². The minimum atomic E-state index is -4.55. The van der Waals surface area contributed by atoms with Crippen molar-refractivity contribution in [3.63, 3.8) is 0 Å². The number of Topliss-reactive ketones (excluding diaryl/α,β-unsaturated/α-hetero) is 1. The van der Waals surface area contributed by atoms with E-state index in [0.29, 0.717) is 36.1 Å². The molecular weight excluding hydrogens is 424 g/mol. The second-order valence-corrected chi connectivity index (χ2v) is 7.85. The van der Waals surface area contributed by atoms with Gasteiger partial charge >= 0.3 is 6.18 Å². The molecule has 2 N–H and O–H groups in total. The lowest BCUT2D eigenvalue weighted by Gasteiger charge is -2.34. The third kappa shape index (κ3) is 4.17. The first-order chi connectivity index (χ1) is 15.1. The van der Waals surface area contributed by atoms with Crippen molar-refractivity contribution in [1.82, 2.24) is 5.32 Å². The molecule has 1 heterocycles. The first-order valence-corrected chi connectivity index (χ1v) is 10.1. The molecular formula is C24H20F4N2O2. The van der Waals surface area contributed by atoms with Crippen LogP contribution in [0, 0.1) is 5.82 Å². The Morgan fingerprint density at radius 3 is 2.50 bits per heavy atom. The molecule has 1 unspecified atom stereocenters. The lowest BCUT2D eigenvalue weighted by molar-refractivity contribution is -0.137. The molecule has 1 aliphatic heterocycles. The number of nitrogens with one attached hydrogen (secondary N) is 2. The molecule has 0 saturated heterocycles. The van der Waals surface area contributed by atoms with Gasteiger partial charge in [0.1, 0.15) is 5.82 Å². The van der Waals surface area contributed by atoms with Gasteiger partial charge in [0, 0.05) is 40.6 Å². The topological polar surface area (TPSA) is 58.2 Å². The monoisotopic (exact) mass is 444 g/mol. The third-order valence-corrected chi connectivity index (χ3v) is 5.67. The van der Waals surface area contributed by atoms with Crippen molar-refractivity contribution >= 4 is 17.4 Å². The second kappa shape index (κ2) is 8.26. The van der Waals surface area contributed by atoms with Crippen LogP contribution >= 0.6 is 0 Å². The maximum Gasteiger partial charge on any atom is 0.416 e. The number of allylic oxidation sites excluding steroid dienone is 3. The zero-order valence-electron chi connectivity index (χ0n) is 17.1. The van der Waals surface area contributed by atoms with Gasteiger partial charge in [-0.1, -0.05) is 18.2 Å². The van der Waals surface area contributed by atoms with Gasteiger partial charge in [0.25, 0.3) is 5.91 Å². The highest BCUT2D eigenvalue weighted by atomic mass is 19.4. The molecule has 1 aliphatic carbocycles. The second-order valence-electron chi connectivity index (χ2n) is 7.85. The lowest BCUT2D eigenvalue weighted by atomic mass is 9.75. The van der Waals surface area contributed by atoms with Gasteiger partial charge in [-0.05, 0) is 55.7 Å². The van der Waals surface area contributed by atoms with E-state index in [-0.39, 0.29) is 17.0 Å². The highest BCUT2D eigenvalue weighted by Crippen LogP contribution is 2.42. The number of anilines is 1. The van der Waals surface area contributed by atoms with E-state index in [2.05, 4.69) is 10.6 Å². The van der Waals surface area contributed by atoms with Crippen LogP contribution in [0.2, 0.25) is 0 Å². The van der Waals surface area contributed by atoms with Crippen LogP contribution in [-0.4, -0.2) is 11.7 Å². The van der Waals surface area contributed by atoms with Gasteiger partial charge in [-0.25, -0.2) is 4.39 Å². The fourth-order valence-corrected chi connectivity index (χ4v) is 4.24. The molecule has 0 fully saturated rings. The Kier molecular flexibility index (Phi) is 5.62. The molecule has 8 heteroatoms. The largest absolute Gasteiger partial charge is 0.416 e. The average molecular weight is 444 g/mol. The maximum atomic E-state index is 13.5. The summed E-state index contributed by atoms with van der Waals surface area (Å²) in [6.07, 6.45) is -2.90. The number of hydrogen-bond acceptors (Lipinski definition) is 3. The van der Waals surface area contributed by atoms with Crippen LogP contribution < -0.4 is 10.6 Å². The summed E-state index contributed by atoms with van der Waals surface area (Å²) in [5.74, 6) is -1.94. The number of benzene rings is 2. The molecule has 2 aromatic carbocycles. The zero-order valence-corrected chi connectivity index (χ0v) is 17.1. The maximum absolute atomic E-state index is 13.5. The number of ketones is 1. The number of dihydropyridines is 1. The van der Waals surface area contributed by atoms with Crippen molar-refractivity contribution in [3.05, 3.63) is 88.0 Å². The summed E-state index contributed by atoms with van der Waals surface area (Å²) in [5.41, 5.74) is 1.54. The van der Waals surface area contributed by atoms with Gasteiger partial charge in [0.2, 0.25) is 0 Å². The SMILES string of the molecule is CC1=C(C(=O)Nc2cccc(C(F)(F)F)c2)C(c2ccc(F)cc2)C2=C(CCCC2=O)N1. The van der Waals surface area contributed by atoms with E-state index < -0.39 is 29.4 Å². The molecule has 1 amide bonds. The van der Waals surface area contributed by atoms with Gasteiger partial charge in [-0.15, -0.1) is 0 Å². The fraction of sp³-hybridized carbons (Fsp3) is 0.250. The fourth-order valence-electron chi connectivity index (χ4n) is 4.24. The smallest absolute Gasteiger partial charge is 0.362 e. The number of rotatable bonds is 3. The Morgan fingerprint density at radius 2 is 1.81 bits per heavy atom. The van der Waals surface area contributed by atoms with Crippen LogP contribution in [0.15, 0.2) is 71.1 Å². The van der Waals surface area contributed by atoms with E-state index in [1.807, 2.05) is 0 Å². The molecule has 0 saturated carbocycles. The van der Waals surface area contributed by atoms with E-state index in [0.717, 1.165) is 17.8 Å². The van der Waals surface area contributed by atoms with Gasteiger partial charge in [0.05, 0.1) is 5.56 Å². The minimum Gasteiger partial charge on any atom is -0.362 e. The molecule has 0 bridgehead atoms. The van der Waals surface area contributed by atoms with Crippen molar-refractivity contribution in [2.24, 2.45) is 0 Å². The van der Waals surface area contributed by atoms with E-state index in [9.17, 15) is 27.2 Å². The quantitative estimate of drug-likeness (QED) is 0.619. The number of hydrogen-bond donors (Lipinski definition) is 2. The predicted molar refractivity (Wildman–Crippen MR) is 111 cm³/mol. The van der Waals surface area contributed by atoms with E-state index >= 15 is 0 Å². The number of carbonyl (C=O) groups excluding carboxylic acids is 2. The lowest BCUT2D eigenvalue weighted by Crippen LogP contribution is -2.35. The van der Waals surface area contributed by atoms with Crippen molar-refractivity contribution in [2.75, 3.05) is 5.32 Å². The van der Waals surface area contributed by atoms with Crippen molar-refractivity contribution < 1.29 is 27.2 Å². The number of halogens is 4. The van der Waals surface area contributed by atoms with Crippen LogP contribution in [0.25, 0.3) is 0 Å². The summed E-state index contributed by atoms with van der Waals surface area (Å²) in [7, 11) is 0. The molecule has 166 valence electrons. The number of carbonyl (C=O) groups is 2. The molecule has 2 aromatic rings. The number of alkyl halides is 3. The molecule has 32 heavy (non-hydrogen) atoms. The molecule has 0 radical (unpaired) electrons. The van der Waals surface area contributed by atoms with Crippen LogP contribution in [0.1, 0.15) is 43.2 Å². The summed E-state index contributed by atoms with van der Waals surface area (Å²) in [4.78, 5) is 26.1. The van der Waals surface area contributed by atoms with Crippen LogP contribution in [0.3, 0.4) is 0 Å². The highest BCUT2D eigenvalue weighted by Gasteiger charge is 2.38. The van der Waals surface area contributed by atoms with Gasteiger partial charge < -0.3 is 10.6 Å². The summed E-state index contributed by atoms with van der Waals surface area (Å²) >= 11 is 0. The van der Waals surface area contributed by atoms with E-state index in [4.69, 9.17) is 0 Å². The Bertz CT molecular complexity index is 1150. The summed E-state index contributed by atoms with van der Waals surface area (Å²) in [6, 6.07) is 9.88.